The van der Waals surface area contributed by atoms with E-state index in [1.807, 2.05) is 18.2 Å². The van der Waals surface area contributed by atoms with E-state index < -0.39 is 11.8 Å². The molecule has 8 nitrogen and oxygen atoms in total. The van der Waals surface area contributed by atoms with E-state index in [0.717, 1.165) is 29.4 Å². The Morgan fingerprint density at radius 3 is 2.62 bits per heavy atom. The molecular formula is C21H22N4O4. The Hall–Kier alpha value is -3.23. The molecule has 3 aromatic rings. The van der Waals surface area contributed by atoms with Gasteiger partial charge in [-0.3, -0.25) is 19.8 Å². The molecule has 1 aromatic heterocycles. The Morgan fingerprint density at radius 1 is 1.03 bits per heavy atom. The lowest BCUT2D eigenvalue weighted by Gasteiger charge is -2.35. The topological polar surface area (TPSA) is 96.7 Å². The maximum atomic E-state index is 12.3. The molecule has 0 bridgehead atoms. The molecule has 1 aliphatic rings. The summed E-state index contributed by atoms with van der Waals surface area (Å²) in [6.45, 7) is 3.10. The largest absolute Gasteiger partial charge is 0.379 e. The minimum atomic E-state index is -0.780. The lowest BCUT2D eigenvalue weighted by Crippen LogP contribution is -2.45. The smallest absolute Gasteiger partial charge is 0.314 e. The predicted molar refractivity (Wildman–Crippen MR) is 107 cm³/mol. The number of hydrogen-bond acceptors (Lipinski definition) is 6. The molecule has 4 rings (SSSR count). The van der Waals surface area contributed by atoms with Gasteiger partial charge in [0.05, 0.1) is 19.3 Å². The Balaban J connectivity index is 1.53. The highest BCUT2D eigenvalue weighted by Gasteiger charge is 2.26. The van der Waals surface area contributed by atoms with Crippen LogP contribution in [0, 0.1) is 0 Å². The number of nitrogens with zero attached hydrogens (tertiary/aromatic N) is 2. The third-order valence-electron chi connectivity index (χ3n) is 5.01. The third kappa shape index (κ3) is 4.44. The zero-order valence-corrected chi connectivity index (χ0v) is 15.8. The average molecular weight is 394 g/mol. The normalized spacial score (nSPS) is 15.7. The number of rotatable bonds is 5. The predicted octanol–water partition coefficient (Wildman–Crippen LogP) is 1.96. The van der Waals surface area contributed by atoms with Crippen molar-refractivity contribution in [2.45, 2.75) is 6.04 Å². The molecule has 1 atom stereocenters. The quantitative estimate of drug-likeness (QED) is 0.642. The van der Waals surface area contributed by atoms with Gasteiger partial charge in [0, 0.05) is 25.7 Å². The van der Waals surface area contributed by atoms with Crippen LogP contribution in [0.5, 0.6) is 0 Å². The second-order valence-electron chi connectivity index (χ2n) is 6.78. The molecule has 1 saturated heterocycles. The number of benzene rings is 2. The number of anilines is 1. The van der Waals surface area contributed by atoms with Crippen LogP contribution in [-0.2, 0) is 14.3 Å². The van der Waals surface area contributed by atoms with Crippen molar-refractivity contribution in [2.24, 2.45) is 0 Å². The molecular weight excluding hydrogens is 372 g/mol. The number of ether oxygens (including phenoxy) is 1. The summed E-state index contributed by atoms with van der Waals surface area (Å²) in [4.78, 5) is 26.7. The molecule has 0 aliphatic carbocycles. The number of hydrogen-bond donors (Lipinski definition) is 2. The molecule has 150 valence electrons. The Bertz CT molecular complexity index is 978. The molecule has 0 unspecified atom stereocenters. The second-order valence-corrected chi connectivity index (χ2v) is 6.78. The lowest BCUT2D eigenvalue weighted by molar-refractivity contribution is -0.136. The number of carbonyl (C=O) groups is 2. The summed E-state index contributed by atoms with van der Waals surface area (Å²) < 4.78 is 10.1. The van der Waals surface area contributed by atoms with Gasteiger partial charge in [-0.25, -0.2) is 0 Å². The summed E-state index contributed by atoms with van der Waals surface area (Å²) in [5.41, 5.74) is 1.11. The maximum Gasteiger partial charge on any atom is 0.314 e. The summed E-state index contributed by atoms with van der Waals surface area (Å²) in [5, 5.41) is 11.0. The summed E-state index contributed by atoms with van der Waals surface area (Å²) in [5.74, 6) is -1.30. The van der Waals surface area contributed by atoms with Gasteiger partial charge in [-0.2, -0.15) is 0 Å². The summed E-state index contributed by atoms with van der Waals surface area (Å²) >= 11 is 0. The Labute approximate surface area is 167 Å². The first-order valence-electron chi connectivity index (χ1n) is 9.51. The van der Waals surface area contributed by atoms with Gasteiger partial charge in [-0.15, -0.1) is 0 Å². The van der Waals surface area contributed by atoms with Crippen LogP contribution in [0.1, 0.15) is 11.6 Å². The minimum Gasteiger partial charge on any atom is -0.379 e. The fraction of sp³-hybridized carbons (Fsp3) is 0.286. The first kappa shape index (κ1) is 19.1. The number of nitrogens with one attached hydrogen (secondary N) is 2. The number of morpholine rings is 1. The van der Waals surface area contributed by atoms with Crippen LogP contribution in [0.25, 0.3) is 10.8 Å². The molecule has 8 heteroatoms. The molecule has 0 radical (unpaired) electrons. The molecule has 0 saturated carbocycles. The van der Waals surface area contributed by atoms with E-state index >= 15 is 0 Å². The maximum absolute atomic E-state index is 12.3. The van der Waals surface area contributed by atoms with Crippen molar-refractivity contribution in [3.63, 3.8) is 0 Å². The SMILES string of the molecule is O=C(NC[C@@H](c1cccc2ccccc12)N1CCOCC1)C(=O)Nc1ccon1. The van der Waals surface area contributed by atoms with E-state index in [4.69, 9.17) is 4.74 Å². The van der Waals surface area contributed by atoms with Crippen LogP contribution >= 0.6 is 0 Å². The monoisotopic (exact) mass is 394 g/mol. The summed E-state index contributed by atoms with van der Waals surface area (Å²) in [7, 11) is 0. The van der Waals surface area contributed by atoms with E-state index in [9.17, 15) is 9.59 Å². The first-order chi connectivity index (χ1) is 14.2. The van der Waals surface area contributed by atoms with Crippen molar-refractivity contribution in [3.05, 3.63) is 60.4 Å². The van der Waals surface area contributed by atoms with Crippen LogP contribution in [0.4, 0.5) is 5.82 Å². The molecule has 1 fully saturated rings. The van der Waals surface area contributed by atoms with Gasteiger partial charge < -0.3 is 14.6 Å². The molecule has 1 aliphatic heterocycles. The average Bonchev–Trinajstić information content (AvgIpc) is 3.27. The first-order valence-corrected chi connectivity index (χ1v) is 9.51. The molecule has 29 heavy (non-hydrogen) atoms. The standard InChI is InChI=1S/C21H22N4O4/c26-20(21(27)23-19-8-11-29-24-19)22-14-18(25-9-12-28-13-10-25)17-7-3-5-15-4-1-2-6-16(15)17/h1-8,11,18H,9-10,12-14H2,(H,22,26)(H,23,24,27)/t18-/m0/s1. The van der Waals surface area contributed by atoms with Crippen LogP contribution in [0.2, 0.25) is 0 Å². The van der Waals surface area contributed by atoms with Crippen LogP contribution in [0.15, 0.2) is 59.3 Å². The van der Waals surface area contributed by atoms with E-state index in [2.05, 4.69) is 49.5 Å². The molecule has 2 aromatic carbocycles. The molecule has 2 N–H and O–H groups in total. The number of carbonyl (C=O) groups excluding carboxylic acids is 2. The van der Waals surface area contributed by atoms with E-state index in [-0.39, 0.29) is 11.9 Å². The van der Waals surface area contributed by atoms with Crippen molar-refractivity contribution in [1.29, 1.82) is 0 Å². The van der Waals surface area contributed by atoms with Gasteiger partial charge in [0.15, 0.2) is 5.82 Å². The fourth-order valence-electron chi connectivity index (χ4n) is 3.59. The third-order valence-corrected chi connectivity index (χ3v) is 5.01. The highest BCUT2D eigenvalue weighted by molar-refractivity contribution is 6.39. The van der Waals surface area contributed by atoms with Crippen LogP contribution in [0.3, 0.4) is 0 Å². The summed E-state index contributed by atoms with van der Waals surface area (Å²) in [6, 6.07) is 15.7. The van der Waals surface area contributed by atoms with Crippen molar-refractivity contribution in [1.82, 2.24) is 15.4 Å². The molecule has 0 spiro atoms. The fourth-order valence-corrected chi connectivity index (χ4v) is 3.59. The van der Waals surface area contributed by atoms with Gasteiger partial charge >= 0.3 is 11.8 Å². The minimum absolute atomic E-state index is 0.0752. The highest BCUT2D eigenvalue weighted by atomic mass is 16.5. The van der Waals surface area contributed by atoms with E-state index in [1.54, 1.807) is 0 Å². The zero-order chi connectivity index (χ0) is 20.1. The van der Waals surface area contributed by atoms with Gasteiger partial charge in [0.2, 0.25) is 0 Å². The zero-order valence-electron chi connectivity index (χ0n) is 15.8. The number of fused-ring (bicyclic) bond motifs is 1. The summed E-state index contributed by atoms with van der Waals surface area (Å²) in [6.07, 6.45) is 1.32. The van der Waals surface area contributed by atoms with Crippen molar-refractivity contribution in [2.75, 3.05) is 38.2 Å². The molecule has 2 heterocycles. The number of aromatic nitrogens is 1. The second kappa shape index (κ2) is 8.85. The van der Waals surface area contributed by atoms with Gasteiger partial charge in [0.25, 0.3) is 0 Å². The van der Waals surface area contributed by atoms with Crippen molar-refractivity contribution < 1.29 is 18.8 Å². The van der Waals surface area contributed by atoms with Crippen molar-refractivity contribution in [3.8, 4) is 0 Å². The Morgan fingerprint density at radius 2 is 1.83 bits per heavy atom. The van der Waals surface area contributed by atoms with E-state index in [0.29, 0.717) is 19.8 Å². The van der Waals surface area contributed by atoms with Crippen molar-refractivity contribution >= 4 is 28.4 Å². The highest BCUT2D eigenvalue weighted by Crippen LogP contribution is 2.28. The van der Waals surface area contributed by atoms with Crippen LogP contribution < -0.4 is 10.6 Å². The lowest BCUT2D eigenvalue weighted by atomic mass is 9.97. The Kier molecular flexibility index (Phi) is 5.83. The van der Waals surface area contributed by atoms with Gasteiger partial charge in [0.1, 0.15) is 6.26 Å². The molecule has 2 amide bonds. The van der Waals surface area contributed by atoms with Gasteiger partial charge in [-0.05, 0) is 16.3 Å². The van der Waals surface area contributed by atoms with Gasteiger partial charge in [-0.1, -0.05) is 47.6 Å². The number of amides is 2. The van der Waals surface area contributed by atoms with E-state index in [1.165, 1.54) is 12.3 Å². The van der Waals surface area contributed by atoms with Crippen LogP contribution in [-0.4, -0.2) is 54.7 Å².